The summed E-state index contributed by atoms with van der Waals surface area (Å²) in [7, 11) is -3.80. The zero-order valence-electron chi connectivity index (χ0n) is 14.0. The lowest BCUT2D eigenvalue weighted by atomic mass is 10.2. The molecule has 1 atom stereocenters. The molecule has 0 aromatic heterocycles. The summed E-state index contributed by atoms with van der Waals surface area (Å²) < 4.78 is 27.1. The van der Waals surface area contributed by atoms with Crippen molar-refractivity contribution in [1.29, 1.82) is 0 Å². The first-order chi connectivity index (χ1) is 12.4. The van der Waals surface area contributed by atoms with Crippen LogP contribution in [0.4, 0.5) is 5.69 Å². The van der Waals surface area contributed by atoms with Crippen LogP contribution in [0, 0.1) is 10.1 Å². The van der Waals surface area contributed by atoms with Gasteiger partial charge in [0.05, 0.1) is 22.9 Å². The van der Waals surface area contributed by atoms with Crippen molar-refractivity contribution in [2.24, 2.45) is 4.99 Å². The van der Waals surface area contributed by atoms with Crippen LogP contribution in [0.25, 0.3) is 0 Å². The van der Waals surface area contributed by atoms with Crippen molar-refractivity contribution < 1.29 is 13.3 Å². The topological polar surface area (TPSA) is 92.9 Å². The molecule has 2 aromatic rings. The van der Waals surface area contributed by atoms with E-state index in [0.29, 0.717) is 11.7 Å². The van der Waals surface area contributed by atoms with Gasteiger partial charge in [-0.25, -0.2) is 12.7 Å². The third kappa shape index (κ3) is 3.73. The third-order valence-electron chi connectivity index (χ3n) is 3.95. The van der Waals surface area contributed by atoms with Crippen LogP contribution in [0.2, 0.25) is 0 Å². The van der Waals surface area contributed by atoms with Crippen molar-refractivity contribution in [3.63, 3.8) is 0 Å². The summed E-state index contributed by atoms with van der Waals surface area (Å²) in [6.45, 7) is 2.66. The van der Waals surface area contributed by atoms with E-state index in [4.69, 9.17) is 0 Å². The van der Waals surface area contributed by atoms with Gasteiger partial charge in [-0.2, -0.15) is 0 Å². The number of rotatable bonds is 5. The zero-order valence-corrected chi connectivity index (χ0v) is 15.6. The zero-order chi connectivity index (χ0) is 18.7. The van der Waals surface area contributed by atoms with Crippen molar-refractivity contribution in [2.45, 2.75) is 17.1 Å². The lowest BCUT2D eigenvalue weighted by molar-refractivity contribution is -0.384. The first-order valence-corrected chi connectivity index (χ1v) is 10.2. The number of hydrogen-bond acceptors (Lipinski definition) is 6. The first-order valence-electron chi connectivity index (χ1n) is 7.93. The van der Waals surface area contributed by atoms with Crippen LogP contribution in [0.5, 0.6) is 0 Å². The standard InChI is InChI=1S/C17H17N3O4S2/c1-13(14-5-3-2-4-6-14)25-17-18-11-12-19(17)26(23,24)16-9-7-15(8-10-16)20(21)22/h2-10,13H,11-12H2,1H3. The summed E-state index contributed by atoms with van der Waals surface area (Å²) in [6, 6.07) is 14.7. The second-order valence-electron chi connectivity index (χ2n) is 5.66. The number of nitro groups is 1. The van der Waals surface area contributed by atoms with Crippen LogP contribution in [0.1, 0.15) is 17.7 Å². The number of sulfonamides is 1. The van der Waals surface area contributed by atoms with Crippen molar-refractivity contribution in [3.8, 4) is 0 Å². The Balaban J connectivity index is 1.81. The quantitative estimate of drug-likeness (QED) is 0.575. The van der Waals surface area contributed by atoms with Crippen molar-refractivity contribution in [3.05, 3.63) is 70.3 Å². The van der Waals surface area contributed by atoms with E-state index in [2.05, 4.69) is 4.99 Å². The number of nitro benzene ring substituents is 1. The van der Waals surface area contributed by atoms with Crippen molar-refractivity contribution in [1.82, 2.24) is 4.31 Å². The molecule has 9 heteroatoms. The first kappa shape index (κ1) is 18.4. The fourth-order valence-electron chi connectivity index (χ4n) is 2.55. The Morgan fingerprint density at radius 1 is 1.15 bits per heavy atom. The van der Waals surface area contributed by atoms with Crippen LogP contribution in [-0.4, -0.2) is 35.9 Å². The van der Waals surface area contributed by atoms with Gasteiger partial charge in [0.15, 0.2) is 5.17 Å². The second-order valence-corrected chi connectivity index (χ2v) is 8.83. The summed E-state index contributed by atoms with van der Waals surface area (Å²) in [5.41, 5.74) is 0.936. The molecule has 0 bridgehead atoms. The molecular formula is C17H17N3O4S2. The maximum absolute atomic E-state index is 12.9. The van der Waals surface area contributed by atoms with Gasteiger partial charge in [-0.15, -0.1) is 0 Å². The number of hydrogen-bond donors (Lipinski definition) is 0. The van der Waals surface area contributed by atoms with E-state index in [1.807, 2.05) is 37.3 Å². The maximum atomic E-state index is 12.9. The Labute approximate surface area is 155 Å². The number of nitrogens with zero attached hydrogens (tertiary/aromatic N) is 3. The highest BCUT2D eigenvalue weighted by Gasteiger charge is 2.32. The molecule has 0 N–H and O–H groups in total. The Bertz CT molecular complexity index is 928. The lowest BCUT2D eigenvalue weighted by Gasteiger charge is -2.22. The molecule has 2 aromatic carbocycles. The number of amidine groups is 1. The molecule has 3 rings (SSSR count). The summed E-state index contributed by atoms with van der Waals surface area (Å²) >= 11 is 1.39. The molecular weight excluding hydrogens is 374 g/mol. The van der Waals surface area contributed by atoms with Gasteiger partial charge in [0, 0.05) is 17.4 Å². The summed E-state index contributed by atoms with van der Waals surface area (Å²) in [4.78, 5) is 14.5. The highest BCUT2D eigenvalue weighted by Crippen LogP contribution is 2.34. The van der Waals surface area contributed by atoms with Gasteiger partial charge in [-0.3, -0.25) is 15.1 Å². The fourth-order valence-corrected chi connectivity index (χ4v) is 5.27. The predicted molar refractivity (Wildman–Crippen MR) is 102 cm³/mol. The molecule has 1 unspecified atom stereocenters. The predicted octanol–water partition coefficient (Wildman–Crippen LogP) is 3.45. The van der Waals surface area contributed by atoms with Gasteiger partial charge in [-0.1, -0.05) is 42.1 Å². The lowest BCUT2D eigenvalue weighted by Crippen LogP contribution is -2.33. The highest BCUT2D eigenvalue weighted by molar-refractivity contribution is 8.15. The molecule has 1 aliphatic heterocycles. The Hall–Kier alpha value is -2.39. The van der Waals surface area contributed by atoms with E-state index in [1.54, 1.807) is 0 Å². The van der Waals surface area contributed by atoms with Crippen molar-refractivity contribution >= 4 is 32.6 Å². The molecule has 0 spiro atoms. The van der Waals surface area contributed by atoms with Gasteiger partial charge < -0.3 is 0 Å². The third-order valence-corrected chi connectivity index (χ3v) is 7.06. The van der Waals surface area contributed by atoms with Crippen LogP contribution < -0.4 is 0 Å². The Morgan fingerprint density at radius 3 is 2.42 bits per heavy atom. The summed E-state index contributed by atoms with van der Waals surface area (Å²) in [5.74, 6) is 0. The SMILES string of the molecule is CC(SC1=NCCN1S(=O)(=O)c1ccc([N+](=O)[O-])cc1)c1ccccc1. The number of aliphatic imine (C=N–C) groups is 1. The molecule has 136 valence electrons. The molecule has 0 saturated carbocycles. The van der Waals surface area contributed by atoms with E-state index in [1.165, 1.54) is 40.3 Å². The molecule has 0 amide bonds. The van der Waals surface area contributed by atoms with Crippen LogP contribution in [0.15, 0.2) is 64.5 Å². The van der Waals surface area contributed by atoms with Crippen molar-refractivity contribution in [2.75, 3.05) is 13.1 Å². The highest BCUT2D eigenvalue weighted by atomic mass is 32.2. The van der Waals surface area contributed by atoms with E-state index < -0.39 is 14.9 Å². The molecule has 26 heavy (non-hydrogen) atoms. The fraction of sp³-hybridized carbons (Fsp3) is 0.235. The van der Waals surface area contributed by atoms with E-state index >= 15 is 0 Å². The largest absolute Gasteiger partial charge is 0.269 e. The number of non-ortho nitro benzene ring substituents is 1. The van der Waals surface area contributed by atoms with Gasteiger partial charge in [0.25, 0.3) is 15.7 Å². The van der Waals surface area contributed by atoms with Gasteiger partial charge in [-0.05, 0) is 24.6 Å². The van der Waals surface area contributed by atoms with Crippen LogP contribution in [-0.2, 0) is 10.0 Å². The van der Waals surface area contributed by atoms with E-state index in [-0.39, 0.29) is 22.4 Å². The summed E-state index contributed by atoms with van der Waals surface area (Å²) in [5, 5.41) is 11.2. The molecule has 0 radical (unpaired) electrons. The minimum absolute atomic E-state index is 0.0191. The Kier molecular flexibility index (Phi) is 5.28. The van der Waals surface area contributed by atoms with E-state index in [0.717, 1.165) is 5.56 Å². The van der Waals surface area contributed by atoms with Crippen LogP contribution in [0.3, 0.4) is 0 Å². The second kappa shape index (κ2) is 7.46. The molecule has 0 fully saturated rings. The van der Waals surface area contributed by atoms with Gasteiger partial charge in [0.2, 0.25) is 0 Å². The normalized spacial score (nSPS) is 15.6. The monoisotopic (exact) mass is 391 g/mol. The molecule has 7 nitrogen and oxygen atoms in total. The van der Waals surface area contributed by atoms with Gasteiger partial charge >= 0.3 is 0 Å². The minimum atomic E-state index is -3.80. The molecule has 0 aliphatic carbocycles. The maximum Gasteiger partial charge on any atom is 0.269 e. The number of benzene rings is 2. The average Bonchev–Trinajstić information content (AvgIpc) is 3.11. The smallest absolute Gasteiger partial charge is 0.260 e. The van der Waals surface area contributed by atoms with E-state index in [9.17, 15) is 18.5 Å². The Morgan fingerprint density at radius 2 is 1.81 bits per heavy atom. The number of thioether (sulfide) groups is 1. The summed E-state index contributed by atoms with van der Waals surface area (Å²) in [6.07, 6.45) is 0. The van der Waals surface area contributed by atoms with Gasteiger partial charge in [0.1, 0.15) is 0 Å². The average molecular weight is 391 g/mol. The minimum Gasteiger partial charge on any atom is -0.260 e. The van der Waals surface area contributed by atoms with Crippen LogP contribution >= 0.6 is 11.8 Å². The molecule has 1 aliphatic rings. The molecule has 0 saturated heterocycles. The molecule has 1 heterocycles.